The highest BCUT2D eigenvalue weighted by molar-refractivity contribution is 5.76. The molecule has 0 aliphatic heterocycles. The first-order chi connectivity index (χ1) is 9.52. The quantitative estimate of drug-likeness (QED) is 0.749. The van der Waals surface area contributed by atoms with Crippen molar-refractivity contribution in [1.29, 1.82) is 5.26 Å². The molecule has 1 amide bonds. The summed E-state index contributed by atoms with van der Waals surface area (Å²) in [6.07, 6.45) is 0.365. The fourth-order valence-corrected chi connectivity index (χ4v) is 1.65. The SMILES string of the molecule is CC(C)CNC(=O)CCNCc1cc(F)ccc1C#N. The van der Waals surface area contributed by atoms with E-state index in [9.17, 15) is 9.18 Å². The first-order valence-corrected chi connectivity index (χ1v) is 6.69. The van der Waals surface area contributed by atoms with Crippen molar-refractivity contribution in [3.05, 3.63) is 35.1 Å². The van der Waals surface area contributed by atoms with Crippen LogP contribution in [0.15, 0.2) is 18.2 Å². The van der Waals surface area contributed by atoms with Crippen molar-refractivity contribution in [1.82, 2.24) is 10.6 Å². The van der Waals surface area contributed by atoms with Gasteiger partial charge in [-0.25, -0.2) is 4.39 Å². The van der Waals surface area contributed by atoms with Crippen LogP contribution in [-0.2, 0) is 11.3 Å². The van der Waals surface area contributed by atoms with E-state index < -0.39 is 0 Å². The molecule has 0 bridgehead atoms. The predicted octanol–water partition coefficient (Wildman–Crippen LogP) is 1.95. The molecule has 1 aromatic carbocycles. The summed E-state index contributed by atoms with van der Waals surface area (Å²) in [5, 5.41) is 14.8. The molecule has 0 spiro atoms. The Morgan fingerprint density at radius 3 is 2.85 bits per heavy atom. The highest BCUT2D eigenvalue weighted by Gasteiger charge is 2.05. The van der Waals surface area contributed by atoms with Crippen LogP contribution in [0.2, 0.25) is 0 Å². The van der Waals surface area contributed by atoms with E-state index in [0.717, 1.165) is 0 Å². The summed E-state index contributed by atoms with van der Waals surface area (Å²) >= 11 is 0. The van der Waals surface area contributed by atoms with E-state index >= 15 is 0 Å². The van der Waals surface area contributed by atoms with E-state index in [4.69, 9.17) is 5.26 Å². The van der Waals surface area contributed by atoms with E-state index in [1.807, 2.05) is 19.9 Å². The molecule has 108 valence electrons. The van der Waals surface area contributed by atoms with Crippen LogP contribution in [-0.4, -0.2) is 19.0 Å². The Kier molecular flexibility index (Phi) is 6.68. The minimum absolute atomic E-state index is 0.00838. The first-order valence-electron chi connectivity index (χ1n) is 6.69. The molecule has 1 aromatic rings. The molecule has 2 N–H and O–H groups in total. The van der Waals surface area contributed by atoms with Crippen molar-refractivity contribution in [3.8, 4) is 6.07 Å². The van der Waals surface area contributed by atoms with Gasteiger partial charge < -0.3 is 10.6 Å². The average molecular weight is 277 g/mol. The topological polar surface area (TPSA) is 64.9 Å². The molecule has 0 radical (unpaired) electrons. The van der Waals surface area contributed by atoms with E-state index in [2.05, 4.69) is 10.6 Å². The minimum Gasteiger partial charge on any atom is -0.356 e. The third-order valence-electron chi connectivity index (χ3n) is 2.74. The van der Waals surface area contributed by atoms with Crippen molar-refractivity contribution in [3.63, 3.8) is 0 Å². The molecule has 1 rings (SSSR count). The van der Waals surface area contributed by atoms with Gasteiger partial charge in [0, 0.05) is 26.1 Å². The van der Waals surface area contributed by atoms with Crippen molar-refractivity contribution in [2.75, 3.05) is 13.1 Å². The molecule has 0 aliphatic rings. The fraction of sp³-hybridized carbons (Fsp3) is 0.467. The van der Waals surface area contributed by atoms with Gasteiger partial charge in [0.05, 0.1) is 11.6 Å². The third kappa shape index (κ3) is 5.81. The molecule has 0 aromatic heterocycles. The zero-order valence-electron chi connectivity index (χ0n) is 11.9. The summed E-state index contributed by atoms with van der Waals surface area (Å²) in [5.41, 5.74) is 1.05. The van der Waals surface area contributed by atoms with Crippen molar-refractivity contribution >= 4 is 5.91 Å². The molecule has 0 aliphatic carbocycles. The number of carbonyl (C=O) groups excluding carboxylic acids is 1. The van der Waals surface area contributed by atoms with Gasteiger partial charge in [-0.3, -0.25) is 4.79 Å². The molecule has 0 saturated carbocycles. The fourth-order valence-electron chi connectivity index (χ4n) is 1.65. The lowest BCUT2D eigenvalue weighted by Gasteiger charge is -2.09. The lowest BCUT2D eigenvalue weighted by atomic mass is 10.1. The second-order valence-electron chi connectivity index (χ2n) is 5.04. The van der Waals surface area contributed by atoms with E-state index in [1.165, 1.54) is 18.2 Å². The summed E-state index contributed by atoms with van der Waals surface area (Å²) in [7, 11) is 0. The summed E-state index contributed by atoms with van der Waals surface area (Å²) < 4.78 is 13.1. The van der Waals surface area contributed by atoms with Crippen LogP contribution >= 0.6 is 0 Å². The van der Waals surface area contributed by atoms with Crippen molar-refractivity contribution < 1.29 is 9.18 Å². The second-order valence-corrected chi connectivity index (χ2v) is 5.04. The van der Waals surface area contributed by atoms with Crippen molar-refractivity contribution in [2.24, 2.45) is 5.92 Å². The standard InChI is InChI=1S/C15H20FN3O/c1-11(2)9-19-15(20)5-6-18-10-13-7-14(16)4-3-12(13)8-17/h3-4,7,11,18H,5-6,9-10H2,1-2H3,(H,19,20). The number of hydrogen-bond donors (Lipinski definition) is 2. The number of rotatable bonds is 7. The Morgan fingerprint density at radius 1 is 1.45 bits per heavy atom. The zero-order chi connectivity index (χ0) is 15.0. The summed E-state index contributed by atoms with van der Waals surface area (Å²) in [6.45, 7) is 5.60. The molecule has 0 fully saturated rings. The zero-order valence-corrected chi connectivity index (χ0v) is 11.9. The van der Waals surface area contributed by atoms with Gasteiger partial charge in [-0.2, -0.15) is 5.26 Å². The van der Waals surface area contributed by atoms with Crippen molar-refractivity contribution in [2.45, 2.75) is 26.8 Å². The number of benzene rings is 1. The van der Waals surface area contributed by atoms with E-state index in [1.54, 1.807) is 0 Å². The van der Waals surface area contributed by atoms with Gasteiger partial charge in [-0.15, -0.1) is 0 Å². The highest BCUT2D eigenvalue weighted by Crippen LogP contribution is 2.09. The van der Waals surface area contributed by atoms with Crippen LogP contribution in [0.1, 0.15) is 31.4 Å². The Bertz CT molecular complexity index is 494. The average Bonchev–Trinajstić information content (AvgIpc) is 2.41. The second kappa shape index (κ2) is 8.28. The molecule has 0 heterocycles. The van der Waals surface area contributed by atoms with Gasteiger partial charge in [0.25, 0.3) is 0 Å². The van der Waals surface area contributed by atoms with E-state index in [-0.39, 0.29) is 11.7 Å². The number of amides is 1. The molecule has 20 heavy (non-hydrogen) atoms. The largest absolute Gasteiger partial charge is 0.356 e. The number of carbonyl (C=O) groups is 1. The molecular formula is C15H20FN3O. The lowest BCUT2D eigenvalue weighted by molar-refractivity contribution is -0.121. The maximum atomic E-state index is 13.1. The Balaban J connectivity index is 2.33. The summed E-state index contributed by atoms with van der Waals surface area (Å²) in [6, 6.07) is 6.08. The Morgan fingerprint density at radius 2 is 2.20 bits per heavy atom. The van der Waals surface area contributed by atoms with Gasteiger partial charge in [-0.1, -0.05) is 13.8 Å². The lowest BCUT2D eigenvalue weighted by Crippen LogP contribution is -2.30. The van der Waals surface area contributed by atoms with Gasteiger partial charge in [0.2, 0.25) is 5.91 Å². The van der Waals surface area contributed by atoms with Crippen LogP contribution in [0.25, 0.3) is 0 Å². The first kappa shape index (κ1) is 16.1. The summed E-state index contributed by atoms with van der Waals surface area (Å²) in [4.78, 5) is 11.5. The smallest absolute Gasteiger partial charge is 0.221 e. The summed E-state index contributed by atoms with van der Waals surface area (Å²) in [5.74, 6) is 0.0545. The molecular weight excluding hydrogens is 257 g/mol. The van der Waals surface area contributed by atoms with Crippen LogP contribution < -0.4 is 10.6 Å². The predicted molar refractivity (Wildman–Crippen MR) is 75.3 cm³/mol. The number of nitrogens with one attached hydrogen (secondary N) is 2. The van der Waals surface area contributed by atoms with Crippen LogP contribution in [0.3, 0.4) is 0 Å². The van der Waals surface area contributed by atoms with Crippen LogP contribution in [0.5, 0.6) is 0 Å². The maximum Gasteiger partial charge on any atom is 0.221 e. The molecule has 5 heteroatoms. The number of hydrogen-bond acceptors (Lipinski definition) is 3. The van der Waals surface area contributed by atoms with Gasteiger partial charge in [0.1, 0.15) is 5.82 Å². The molecule has 4 nitrogen and oxygen atoms in total. The normalized spacial score (nSPS) is 10.3. The monoisotopic (exact) mass is 277 g/mol. The van der Waals surface area contributed by atoms with E-state index in [0.29, 0.717) is 43.1 Å². The highest BCUT2D eigenvalue weighted by atomic mass is 19.1. The minimum atomic E-state index is -0.365. The van der Waals surface area contributed by atoms with Gasteiger partial charge in [-0.05, 0) is 29.7 Å². The maximum absolute atomic E-state index is 13.1. The third-order valence-corrected chi connectivity index (χ3v) is 2.74. The number of nitrogens with zero attached hydrogens (tertiary/aromatic N) is 1. The molecule has 0 atom stereocenters. The Hall–Kier alpha value is -1.93. The number of halogens is 1. The number of nitriles is 1. The van der Waals surface area contributed by atoms with Crippen LogP contribution in [0.4, 0.5) is 4.39 Å². The molecule has 0 saturated heterocycles. The van der Waals surface area contributed by atoms with Crippen LogP contribution in [0, 0.1) is 23.1 Å². The van der Waals surface area contributed by atoms with Gasteiger partial charge in [0.15, 0.2) is 0 Å². The molecule has 0 unspecified atom stereocenters. The Labute approximate surface area is 119 Å². The van der Waals surface area contributed by atoms with Gasteiger partial charge >= 0.3 is 0 Å².